The van der Waals surface area contributed by atoms with Gasteiger partial charge >= 0.3 is 0 Å². The Bertz CT molecular complexity index is 164. The smallest absolute Gasteiger partial charge is 0.00932 e. The molecule has 2 heterocycles. The zero-order chi connectivity index (χ0) is 9.80. The molecule has 1 atom stereocenters. The average molecular weight is 196 g/mol. The van der Waals surface area contributed by atoms with E-state index in [1.54, 1.807) is 0 Å². The summed E-state index contributed by atoms with van der Waals surface area (Å²) in [7, 11) is 0. The van der Waals surface area contributed by atoms with Crippen LogP contribution in [0.2, 0.25) is 0 Å². The molecule has 0 aliphatic carbocycles. The van der Waals surface area contributed by atoms with Crippen molar-refractivity contribution in [2.24, 2.45) is 5.92 Å². The van der Waals surface area contributed by atoms with Gasteiger partial charge in [-0.2, -0.15) is 0 Å². The van der Waals surface area contributed by atoms with Crippen LogP contribution in [0.15, 0.2) is 0 Å². The molecule has 2 saturated heterocycles. The number of hydrogen-bond donors (Lipinski definition) is 1. The van der Waals surface area contributed by atoms with Crippen LogP contribution in [0.25, 0.3) is 0 Å². The zero-order valence-electron chi connectivity index (χ0n) is 9.47. The van der Waals surface area contributed by atoms with E-state index < -0.39 is 0 Å². The Balaban J connectivity index is 1.77. The quantitative estimate of drug-likeness (QED) is 0.741. The largest absolute Gasteiger partial charge is 0.317 e. The lowest BCUT2D eigenvalue weighted by Gasteiger charge is -2.30. The minimum atomic E-state index is 0.907. The van der Waals surface area contributed by atoms with Crippen LogP contribution in [0.1, 0.15) is 39.0 Å². The first-order valence-corrected chi connectivity index (χ1v) is 6.35. The van der Waals surface area contributed by atoms with Crippen LogP contribution in [0, 0.1) is 5.92 Å². The molecular formula is C12H24N2. The van der Waals surface area contributed by atoms with Gasteiger partial charge in [0.1, 0.15) is 0 Å². The molecule has 0 saturated carbocycles. The average Bonchev–Trinajstić information content (AvgIpc) is 2.67. The lowest BCUT2D eigenvalue weighted by molar-refractivity contribution is 0.188. The maximum atomic E-state index is 3.45. The van der Waals surface area contributed by atoms with E-state index in [0.717, 1.165) is 12.0 Å². The van der Waals surface area contributed by atoms with Gasteiger partial charge in [0.05, 0.1) is 0 Å². The Labute approximate surface area is 88.1 Å². The van der Waals surface area contributed by atoms with Crippen molar-refractivity contribution in [1.29, 1.82) is 0 Å². The third-order valence-electron chi connectivity index (χ3n) is 3.92. The van der Waals surface area contributed by atoms with Gasteiger partial charge < -0.3 is 10.2 Å². The molecule has 2 aliphatic rings. The summed E-state index contributed by atoms with van der Waals surface area (Å²) in [4.78, 5) is 2.75. The van der Waals surface area contributed by atoms with Crippen molar-refractivity contribution in [3.63, 3.8) is 0 Å². The van der Waals surface area contributed by atoms with Crippen LogP contribution in [0.4, 0.5) is 0 Å². The third-order valence-corrected chi connectivity index (χ3v) is 3.92. The molecule has 0 spiro atoms. The van der Waals surface area contributed by atoms with Crippen LogP contribution in [-0.4, -0.2) is 37.1 Å². The van der Waals surface area contributed by atoms with Crippen LogP contribution in [0.5, 0.6) is 0 Å². The molecule has 0 amide bonds. The molecule has 2 rings (SSSR count). The van der Waals surface area contributed by atoms with E-state index in [2.05, 4.69) is 17.1 Å². The van der Waals surface area contributed by atoms with E-state index in [1.165, 1.54) is 58.3 Å². The van der Waals surface area contributed by atoms with Crippen molar-refractivity contribution < 1.29 is 0 Å². The molecule has 2 fully saturated rings. The monoisotopic (exact) mass is 196 g/mol. The highest BCUT2D eigenvalue weighted by Crippen LogP contribution is 2.23. The number of nitrogens with one attached hydrogen (secondary N) is 1. The minimum Gasteiger partial charge on any atom is -0.317 e. The van der Waals surface area contributed by atoms with E-state index in [9.17, 15) is 0 Å². The Morgan fingerprint density at radius 3 is 2.71 bits per heavy atom. The fourth-order valence-electron chi connectivity index (χ4n) is 2.99. The summed E-state index contributed by atoms with van der Waals surface area (Å²) in [6.07, 6.45) is 7.02. The van der Waals surface area contributed by atoms with Crippen molar-refractivity contribution in [2.75, 3.05) is 26.2 Å². The van der Waals surface area contributed by atoms with Gasteiger partial charge in [0, 0.05) is 12.6 Å². The minimum absolute atomic E-state index is 0.907. The number of nitrogens with zero attached hydrogens (tertiary/aromatic N) is 1. The summed E-state index contributed by atoms with van der Waals surface area (Å²) >= 11 is 0. The van der Waals surface area contributed by atoms with E-state index in [1.807, 2.05) is 0 Å². The van der Waals surface area contributed by atoms with Gasteiger partial charge in [0.25, 0.3) is 0 Å². The van der Waals surface area contributed by atoms with E-state index >= 15 is 0 Å². The van der Waals surface area contributed by atoms with Crippen LogP contribution in [-0.2, 0) is 0 Å². The Morgan fingerprint density at radius 2 is 2.00 bits per heavy atom. The second kappa shape index (κ2) is 5.13. The molecule has 0 aromatic carbocycles. The highest BCUT2D eigenvalue weighted by atomic mass is 15.2. The van der Waals surface area contributed by atoms with Crippen molar-refractivity contribution >= 4 is 0 Å². The summed E-state index contributed by atoms with van der Waals surface area (Å²) in [5, 5.41) is 3.45. The molecule has 0 aromatic heterocycles. The maximum absolute atomic E-state index is 3.45. The number of likely N-dealkylation sites (tertiary alicyclic amines) is 1. The lowest BCUT2D eigenvalue weighted by atomic mass is 9.97. The van der Waals surface area contributed by atoms with Gasteiger partial charge in [-0.1, -0.05) is 6.92 Å². The summed E-state index contributed by atoms with van der Waals surface area (Å²) < 4.78 is 0. The van der Waals surface area contributed by atoms with Crippen LogP contribution in [0.3, 0.4) is 0 Å². The first-order valence-electron chi connectivity index (χ1n) is 6.35. The second-order valence-corrected chi connectivity index (χ2v) is 4.89. The number of hydrogen-bond acceptors (Lipinski definition) is 2. The van der Waals surface area contributed by atoms with Crippen molar-refractivity contribution in [2.45, 2.75) is 45.1 Å². The number of piperidine rings is 1. The molecular weight excluding hydrogens is 172 g/mol. The highest BCUT2D eigenvalue weighted by Gasteiger charge is 2.25. The highest BCUT2D eigenvalue weighted by molar-refractivity contribution is 4.81. The molecule has 14 heavy (non-hydrogen) atoms. The third kappa shape index (κ3) is 2.48. The zero-order valence-corrected chi connectivity index (χ0v) is 9.47. The van der Waals surface area contributed by atoms with E-state index in [-0.39, 0.29) is 0 Å². The van der Waals surface area contributed by atoms with E-state index in [4.69, 9.17) is 0 Å². The first kappa shape index (κ1) is 10.4. The summed E-state index contributed by atoms with van der Waals surface area (Å²) in [6.45, 7) is 7.57. The number of rotatable bonds is 3. The second-order valence-electron chi connectivity index (χ2n) is 4.89. The summed E-state index contributed by atoms with van der Waals surface area (Å²) in [5.41, 5.74) is 0. The van der Waals surface area contributed by atoms with Crippen LogP contribution < -0.4 is 5.32 Å². The molecule has 0 aromatic rings. The van der Waals surface area contributed by atoms with Gasteiger partial charge in [-0.05, 0) is 57.7 Å². The normalized spacial score (nSPS) is 31.1. The van der Waals surface area contributed by atoms with Gasteiger partial charge in [-0.3, -0.25) is 0 Å². The Morgan fingerprint density at radius 1 is 1.21 bits per heavy atom. The van der Waals surface area contributed by atoms with Gasteiger partial charge in [-0.15, -0.1) is 0 Å². The lowest BCUT2D eigenvalue weighted by Crippen LogP contribution is -2.38. The molecule has 1 unspecified atom stereocenters. The summed E-state index contributed by atoms with van der Waals surface area (Å²) in [5.74, 6) is 0.975. The fraction of sp³-hybridized carbons (Fsp3) is 1.00. The Hall–Kier alpha value is -0.0800. The SMILES string of the molecule is CCC1CCCN1CC1CCNCC1. The molecule has 1 N–H and O–H groups in total. The molecule has 2 heteroatoms. The molecule has 2 aliphatic heterocycles. The first-order chi connectivity index (χ1) is 6.90. The maximum Gasteiger partial charge on any atom is 0.00932 e. The van der Waals surface area contributed by atoms with Crippen molar-refractivity contribution in [1.82, 2.24) is 10.2 Å². The Kier molecular flexibility index (Phi) is 3.82. The van der Waals surface area contributed by atoms with E-state index in [0.29, 0.717) is 0 Å². The van der Waals surface area contributed by atoms with Crippen molar-refractivity contribution in [3.8, 4) is 0 Å². The fourth-order valence-corrected chi connectivity index (χ4v) is 2.99. The predicted octanol–water partition coefficient (Wildman–Crippen LogP) is 1.86. The summed E-state index contributed by atoms with van der Waals surface area (Å²) in [6, 6.07) is 0.907. The molecule has 0 bridgehead atoms. The van der Waals surface area contributed by atoms with Crippen LogP contribution >= 0.6 is 0 Å². The molecule has 82 valence electrons. The standard InChI is InChI=1S/C12H24N2/c1-2-12-4-3-9-14(12)10-11-5-7-13-8-6-11/h11-13H,2-10H2,1H3. The molecule has 0 radical (unpaired) electrons. The van der Waals surface area contributed by atoms with Crippen molar-refractivity contribution in [3.05, 3.63) is 0 Å². The molecule has 2 nitrogen and oxygen atoms in total. The van der Waals surface area contributed by atoms with Gasteiger partial charge in [0.15, 0.2) is 0 Å². The van der Waals surface area contributed by atoms with Gasteiger partial charge in [0.2, 0.25) is 0 Å². The topological polar surface area (TPSA) is 15.3 Å². The predicted molar refractivity (Wildman–Crippen MR) is 60.5 cm³/mol. The van der Waals surface area contributed by atoms with Gasteiger partial charge in [-0.25, -0.2) is 0 Å².